The molecule has 2 aromatic carbocycles. The number of anilines is 3. The number of pyridine rings is 1. The number of carbonyl (C=O) groups is 1. The largest absolute Gasteiger partial charge is 0.418 e. The number of para-hydroxylation sites is 1. The van der Waals surface area contributed by atoms with Gasteiger partial charge in [0.2, 0.25) is 11.9 Å². The minimum Gasteiger partial charge on any atom is -0.325 e. The third-order valence-electron chi connectivity index (χ3n) is 6.13. The van der Waals surface area contributed by atoms with Gasteiger partial charge in [-0.05, 0) is 67.9 Å². The molecule has 10 heteroatoms. The number of benzene rings is 2. The number of hydrogen-bond donors (Lipinski definition) is 2. The summed E-state index contributed by atoms with van der Waals surface area (Å²) in [5, 5.41) is 9.91. The maximum atomic E-state index is 13.3. The first kappa shape index (κ1) is 23.8. The van der Waals surface area contributed by atoms with Crippen molar-refractivity contribution in [3.8, 4) is 11.1 Å². The second-order valence-corrected chi connectivity index (χ2v) is 8.79. The van der Waals surface area contributed by atoms with E-state index < -0.39 is 11.7 Å². The molecule has 186 valence electrons. The van der Waals surface area contributed by atoms with E-state index in [1.54, 1.807) is 12.3 Å². The number of rotatable bonds is 6. The number of carbonyl (C=O) groups excluding carboxylic acids is 1. The predicted octanol–water partition coefficient (Wildman–Crippen LogP) is 5.58. The van der Waals surface area contributed by atoms with Gasteiger partial charge < -0.3 is 10.6 Å². The Balaban J connectivity index is 1.28. The van der Waals surface area contributed by atoms with E-state index in [1.165, 1.54) is 29.1 Å². The van der Waals surface area contributed by atoms with Gasteiger partial charge in [0, 0.05) is 17.4 Å². The molecule has 0 bridgehead atoms. The molecule has 2 N–H and O–H groups in total. The Labute approximate surface area is 206 Å². The molecular formula is C26H25F3N6O. The fourth-order valence-corrected chi connectivity index (χ4v) is 4.33. The summed E-state index contributed by atoms with van der Waals surface area (Å²) in [4.78, 5) is 18.8. The average molecular weight is 495 g/mol. The van der Waals surface area contributed by atoms with Crippen molar-refractivity contribution in [1.82, 2.24) is 19.5 Å². The Bertz CT molecular complexity index is 1360. The Hall–Kier alpha value is -3.92. The molecule has 1 amide bonds. The van der Waals surface area contributed by atoms with E-state index in [0.717, 1.165) is 48.8 Å². The van der Waals surface area contributed by atoms with E-state index in [2.05, 4.69) is 25.6 Å². The van der Waals surface area contributed by atoms with Gasteiger partial charge in [-0.25, -0.2) is 4.52 Å². The summed E-state index contributed by atoms with van der Waals surface area (Å²) in [7, 11) is 0. The van der Waals surface area contributed by atoms with Gasteiger partial charge in [0.1, 0.15) is 0 Å². The normalized spacial score (nSPS) is 14.6. The van der Waals surface area contributed by atoms with Gasteiger partial charge in [0.15, 0.2) is 5.65 Å². The number of alkyl halides is 3. The van der Waals surface area contributed by atoms with Crippen molar-refractivity contribution in [2.45, 2.75) is 25.4 Å². The number of hydrogen-bond acceptors (Lipinski definition) is 5. The van der Waals surface area contributed by atoms with Gasteiger partial charge in [0.05, 0.1) is 17.8 Å². The first-order valence-corrected chi connectivity index (χ1v) is 11.8. The number of nitrogens with zero attached hydrogens (tertiary/aromatic N) is 4. The van der Waals surface area contributed by atoms with Crippen molar-refractivity contribution in [3.05, 3.63) is 72.4 Å². The third kappa shape index (κ3) is 5.49. The van der Waals surface area contributed by atoms with E-state index in [-0.39, 0.29) is 17.5 Å². The maximum Gasteiger partial charge on any atom is 0.418 e. The highest BCUT2D eigenvalue weighted by Gasteiger charge is 2.33. The quantitative estimate of drug-likeness (QED) is 0.366. The van der Waals surface area contributed by atoms with Gasteiger partial charge >= 0.3 is 6.18 Å². The van der Waals surface area contributed by atoms with Crippen LogP contribution in [-0.2, 0) is 11.0 Å². The number of fused-ring (bicyclic) bond motifs is 1. The molecule has 0 atom stereocenters. The summed E-state index contributed by atoms with van der Waals surface area (Å²) in [6.45, 7) is 2.32. The molecule has 1 aliphatic rings. The molecular weight excluding hydrogens is 469 g/mol. The lowest BCUT2D eigenvalue weighted by molar-refractivity contribution is -0.137. The van der Waals surface area contributed by atoms with Crippen molar-refractivity contribution in [1.29, 1.82) is 0 Å². The second kappa shape index (κ2) is 9.98. The van der Waals surface area contributed by atoms with Crippen molar-refractivity contribution < 1.29 is 18.0 Å². The van der Waals surface area contributed by atoms with Crippen LogP contribution in [0.15, 0.2) is 66.9 Å². The smallest absolute Gasteiger partial charge is 0.325 e. The lowest BCUT2D eigenvalue weighted by atomic mass is 10.1. The monoisotopic (exact) mass is 494 g/mol. The summed E-state index contributed by atoms with van der Waals surface area (Å²) < 4.78 is 41.4. The summed E-state index contributed by atoms with van der Waals surface area (Å²) >= 11 is 0. The average Bonchev–Trinajstić information content (AvgIpc) is 3.26. The van der Waals surface area contributed by atoms with Gasteiger partial charge in [-0.15, -0.1) is 5.10 Å². The molecule has 2 aromatic heterocycles. The topological polar surface area (TPSA) is 74.6 Å². The number of amides is 1. The zero-order valence-electron chi connectivity index (χ0n) is 19.4. The zero-order chi connectivity index (χ0) is 25.1. The molecule has 0 aliphatic carbocycles. The first-order chi connectivity index (χ1) is 17.3. The van der Waals surface area contributed by atoms with E-state index in [1.807, 2.05) is 30.3 Å². The van der Waals surface area contributed by atoms with Gasteiger partial charge in [0.25, 0.3) is 0 Å². The SMILES string of the molecule is O=C(CN1CCCCC1)Nc1ccc(-c2ccc3nc(Nc4ccccc4C(F)(F)F)nn3c2)cc1. The molecule has 1 fully saturated rings. The van der Waals surface area contributed by atoms with E-state index in [0.29, 0.717) is 12.2 Å². The van der Waals surface area contributed by atoms with E-state index in [4.69, 9.17) is 0 Å². The summed E-state index contributed by atoms with van der Waals surface area (Å²) in [5.74, 6) is 0.0384. The summed E-state index contributed by atoms with van der Waals surface area (Å²) in [6.07, 6.45) is 0.763. The Kier molecular flexibility index (Phi) is 6.60. The van der Waals surface area contributed by atoms with Crippen molar-refractivity contribution in [2.75, 3.05) is 30.3 Å². The molecule has 5 rings (SSSR count). The molecule has 1 aliphatic heterocycles. The number of likely N-dealkylation sites (tertiary alicyclic amines) is 1. The van der Waals surface area contributed by atoms with Crippen LogP contribution in [0.4, 0.5) is 30.5 Å². The number of aromatic nitrogens is 3. The van der Waals surface area contributed by atoms with Crippen molar-refractivity contribution >= 4 is 28.9 Å². The number of nitrogens with one attached hydrogen (secondary N) is 2. The zero-order valence-corrected chi connectivity index (χ0v) is 19.4. The van der Waals surface area contributed by atoms with E-state index in [9.17, 15) is 18.0 Å². The van der Waals surface area contributed by atoms with Gasteiger partial charge in [-0.3, -0.25) is 9.69 Å². The highest BCUT2D eigenvalue weighted by molar-refractivity contribution is 5.92. The fraction of sp³-hybridized carbons (Fsp3) is 0.269. The molecule has 0 spiro atoms. The summed E-state index contributed by atoms with van der Waals surface area (Å²) in [5.41, 5.74) is 2.07. The number of halogens is 3. The van der Waals surface area contributed by atoms with Crippen LogP contribution in [0.2, 0.25) is 0 Å². The molecule has 1 saturated heterocycles. The third-order valence-corrected chi connectivity index (χ3v) is 6.13. The highest BCUT2D eigenvalue weighted by Crippen LogP contribution is 2.35. The molecule has 36 heavy (non-hydrogen) atoms. The molecule has 4 aromatic rings. The Morgan fingerprint density at radius 3 is 2.39 bits per heavy atom. The predicted molar refractivity (Wildman–Crippen MR) is 132 cm³/mol. The lowest BCUT2D eigenvalue weighted by Gasteiger charge is -2.25. The van der Waals surface area contributed by atoms with Crippen LogP contribution in [0.3, 0.4) is 0 Å². The molecule has 0 unspecified atom stereocenters. The van der Waals surface area contributed by atoms with Crippen LogP contribution in [0.25, 0.3) is 16.8 Å². The second-order valence-electron chi connectivity index (χ2n) is 8.79. The van der Waals surface area contributed by atoms with Gasteiger partial charge in [-0.1, -0.05) is 30.7 Å². The van der Waals surface area contributed by atoms with Crippen LogP contribution >= 0.6 is 0 Å². The molecule has 0 saturated carbocycles. The standard InChI is InChI=1S/C26H25F3N6O/c27-26(28,29)21-6-2-3-7-22(21)31-25-32-23-13-10-19(16-35(23)33-25)18-8-11-20(12-9-18)30-24(36)17-34-14-4-1-5-15-34/h2-3,6-13,16H,1,4-5,14-15,17H2,(H,30,36)(H,31,33). The molecule has 7 nitrogen and oxygen atoms in total. The Morgan fingerprint density at radius 1 is 0.917 bits per heavy atom. The molecule has 0 radical (unpaired) electrons. The van der Waals surface area contributed by atoms with Crippen LogP contribution in [0.1, 0.15) is 24.8 Å². The minimum atomic E-state index is -4.49. The lowest BCUT2D eigenvalue weighted by Crippen LogP contribution is -2.36. The molecule has 3 heterocycles. The van der Waals surface area contributed by atoms with Crippen LogP contribution in [-0.4, -0.2) is 45.0 Å². The van der Waals surface area contributed by atoms with Crippen LogP contribution in [0.5, 0.6) is 0 Å². The fourth-order valence-electron chi connectivity index (χ4n) is 4.33. The van der Waals surface area contributed by atoms with Crippen molar-refractivity contribution in [2.24, 2.45) is 0 Å². The first-order valence-electron chi connectivity index (χ1n) is 11.8. The number of piperidine rings is 1. The minimum absolute atomic E-state index is 0.0270. The highest BCUT2D eigenvalue weighted by atomic mass is 19.4. The van der Waals surface area contributed by atoms with Crippen molar-refractivity contribution in [3.63, 3.8) is 0 Å². The summed E-state index contributed by atoms with van der Waals surface area (Å²) in [6, 6.07) is 16.3. The maximum absolute atomic E-state index is 13.3. The van der Waals surface area contributed by atoms with Crippen LogP contribution < -0.4 is 10.6 Å². The Morgan fingerprint density at radius 2 is 1.64 bits per heavy atom. The van der Waals surface area contributed by atoms with E-state index >= 15 is 0 Å². The van der Waals surface area contributed by atoms with Gasteiger partial charge in [-0.2, -0.15) is 18.2 Å². The van der Waals surface area contributed by atoms with Crippen LogP contribution in [0, 0.1) is 0 Å².